The Bertz CT molecular complexity index is 890. The number of ether oxygens (including phenoxy) is 1. The number of rotatable bonds is 6. The van der Waals surface area contributed by atoms with Crippen LogP contribution in [-0.4, -0.2) is 72.7 Å². The summed E-state index contributed by atoms with van der Waals surface area (Å²) in [4.78, 5) is 27.2. The van der Waals surface area contributed by atoms with E-state index < -0.39 is 5.97 Å². The summed E-state index contributed by atoms with van der Waals surface area (Å²) >= 11 is 0. The topological polar surface area (TPSA) is 83.2 Å². The number of nitrogens with zero attached hydrogens (tertiary/aromatic N) is 2. The fraction of sp³-hybridized carbons (Fsp3) is 0.524. The third-order valence-electron chi connectivity index (χ3n) is 5.62. The highest BCUT2D eigenvalue weighted by Crippen LogP contribution is 2.30. The predicted octanol–water partition coefficient (Wildman–Crippen LogP) is 1.71. The third-order valence-corrected chi connectivity index (χ3v) is 5.62. The number of morpholine rings is 1. The zero-order valence-electron chi connectivity index (χ0n) is 16.1. The standard InChI is InChI=1S/C21H26N2O5/c1-22(12-21(25)26)10-17-11-23(5-6-27-17)20(24)9-16-13-28-19-8-15-4-2-3-14(15)7-18(16)19/h7-8,13,17H,2-6,9-12H2,1H3,(H,25,26). The van der Waals surface area contributed by atoms with E-state index in [4.69, 9.17) is 14.3 Å². The number of benzene rings is 1. The predicted molar refractivity (Wildman–Crippen MR) is 103 cm³/mol. The van der Waals surface area contributed by atoms with Crippen LogP contribution in [0.15, 0.2) is 22.8 Å². The maximum Gasteiger partial charge on any atom is 0.317 e. The Morgan fingerprint density at radius 3 is 2.86 bits per heavy atom. The van der Waals surface area contributed by atoms with Crippen LogP contribution in [-0.2, 0) is 33.6 Å². The van der Waals surface area contributed by atoms with Gasteiger partial charge in [-0.15, -0.1) is 0 Å². The second-order valence-electron chi connectivity index (χ2n) is 7.83. The summed E-state index contributed by atoms with van der Waals surface area (Å²) in [6.45, 7) is 1.95. The number of carbonyl (C=O) groups is 2. The van der Waals surface area contributed by atoms with Gasteiger partial charge in [0.15, 0.2) is 0 Å². The van der Waals surface area contributed by atoms with Gasteiger partial charge in [0.05, 0.1) is 31.9 Å². The molecule has 28 heavy (non-hydrogen) atoms. The minimum Gasteiger partial charge on any atom is -0.480 e. The van der Waals surface area contributed by atoms with E-state index in [0.29, 0.717) is 32.7 Å². The van der Waals surface area contributed by atoms with E-state index in [9.17, 15) is 9.59 Å². The number of carboxylic acid groups (broad SMARTS) is 1. The molecular weight excluding hydrogens is 360 g/mol. The molecule has 0 saturated carbocycles. The molecule has 1 aromatic heterocycles. The zero-order chi connectivity index (χ0) is 19.7. The van der Waals surface area contributed by atoms with Crippen molar-refractivity contribution in [2.75, 3.05) is 39.8 Å². The Labute approximate surface area is 163 Å². The molecule has 1 N–H and O–H groups in total. The molecule has 1 fully saturated rings. The van der Waals surface area contributed by atoms with E-state index in [1.54, 1.807) is 18.2 Å². The molecule has 1 amide bonds. The summed E-state index contributed by atoms with van der Waals surface area (Å²) in [5, 5.41) is 9.93. The smallest absolute Gasteiger partial charge is 0.317 e. The van der Waals surface area contributed by atoms with Gasteiger partial charge in [-0.1, -0.05) is 0 Å². The van der Waals surface area contributed by atoms with Gasteiger partial charge >= 0.3 is 5.97 Å². The molecule has 0 spiro atoms. The number of carbonyl (C=O) groups excluding carboxylic acids is 1. The van der Waals surface area contributed by atoms with Crippen molar-refractivity contribution in [3.8, 4) is 0 Å². The van der Waals surface area contributed by atoms with Gasteiger partial charge in [-0.3, -0.25) is 14.5 Å². The fourth-order valence-electron chi connectivity index (χ4n) is 4.26. The molecule has 1 aromatic carbocycles. The van der Waals surface area contributed by atoms with E-state index in [2.05, 4.69) is 12.1 Å². The number of aryl methyl sites for hydroxylation is 2. The van der Waals surface area contributed by atoms with Crippen molar-refractivity contribution in [1.29, 1.82) is 0 Å². The SMILES string of the molecule is CN(CC(=O)O)CC1CN(C(=O)Cc2coc3cc4c(cc23)CCC4)CCO1. The van der Waals surface area contributed by atoms with Crippen molar-refractivity contribution in [3.63, 3.8) is 0 Å². The number of hydrogen-bond acceptors (Lipinski definition) is 5. The van der Waals surface area contributed by atoms with E-state index >= 15 is 0 Å². The number of carboxylic acids is 1. The summed E-state index contributed by atoms with van der Waals surface area (Å²) < 4.78 is 11.4. The molecule has 1 saturated heterocycles. The maximum absolute atomic E-state index is 12.9. The van der Waals surface area contributed by atoms with Gasteiger partial charge < -0.3 is 19.2 Å². The van der Waals surface area contributed by atoms with Crippen molar-refractivity contribution < 1.29 is 23.8 Å². The Morgan fingerprint density at radius 2 is 2.07 bits per heavy atom. The Morgan fingerprint density at radius 1 is 1.29 bits per heavy atom. The van der Waals surface area contributed by atoms with Crippen molar-refractivity contribution in [3.05, 3.63) is 35.1 Å². The first-order valence-corrected chi connectivity index (χ1v) is 9.81. The minimum absolute atomic E-state index is 0.0425. The largest absolute Gasteiger partial charge is 0.480 e. The molecule has 7 heteroatoms. The van der Waals surface area contributed by atoms with Gasteiger partial charge in [-0.25, -0.2) is 0 Å². The van der Waals surface area contributed by atoms with Crippen LogP contribution in [0.25, 0.3) is 11.0 Å². The van der Waals surface area contributed by atoms with Crippen LogP contribution < -0.4 is 0 Å². The van der Waals surface area contributed by atoms with Crippen LogP contribution in [0.5, 0.6) is 0 Å². The zero-order valence-corrected chi connectivity index (χ0v) is 16.1. The first-order chi connectivity index (χ1) is 13.5. The van der Waals surface area contributed by atoms with Gasteiger partial charge in [0.25, 0.3) is 0 Å². The monoisotopic (exact) mass is 386 g/mol. The van der Waals surface area contributed by atoms with Crippen LogP contribution >= 0.6 is 0 Å². The van der Waals surface area contributed by atoms with Crippen molar-refractivity contribution in [2.45, 2.75) is 31.8 Å². The average molecular weight is 386 g/mol. The van der Waals surface area contributed by atoms with Crippen LogP contribution in [0.1, 0.15) is 23.1 Å². The molecule has 7 nitrogen and oxygen atoms in total. The molecule has 2 aliphatic rings. The number of aliphatic carboxylic acids is 1. The normalized spacial score (nSPS) is 19.4. The molecular formula is C21H26N2O5. The Kier molecular flexibility index (Phi) is 5.37. The average Bonchev–Trinajstić information content (AvgIpc) is 3.26. The molecule has 150 valence electrons. The molecule has 2 aromatic rings. The highest BCUT2D eigenvalue weighted by molar-refractivity contribution is 5.88. The first kappa shape index (κ1) is 19.0. The van der Waals surface area contributed by atoms with Gasteiger partial charge in [-0.05, 0) is 49.6 Å². The van der Waals surface area contributed by atoms with Gasteiger partial charge in [0.2, 0.25) is 5.91 Å². The summed E-state index contributed by atoms with van der Waals surface area (Å²) in [5.41, 5.74) is 4.52. The van der Waals surface area contributed by atoms with E-state index in [1.807, 2.05) is 4.90 Å². The van der Waals surface area contributed by atoms with E-state index in [-0.39, 0.29) is 18.6 Å². The van der Waals surface area contributed by atoms with Crippen molar-refractivity contribution in [2.24, 2.45) is 0 Å². The molecule has 1 unspecified atom stereocenters. The summed E-state index contributed by atoms with van der Waals surface area (Å²) in [6, 6.07) is 4.31. The summed E-state index contributed by atoms with van der Waals surface area (Å²) in [6.07, 6.45) is 5.22. The molecule has 1 atom stereocenters. The van der Waals surface area contributed by atoms with Crippen molar-refractivity contribution >= 4 is 22.8 Å². The number of hydrogen-bond donors (Lipinski definition) is 1. The summed E-state index contributed by atoms with van der Waals surface area (Å²) in [5.74, 6) is -0.818. The van der Waals surface area contributed by atoms with Crippen LogP contribution in [0.2, 0.25) is 0 Å². The van der Waals surface area contributed by atoms with Crippen LogP contribution in [0.3, 0.4) is 0 Å². The lowest BCUT2D eigenvalue weighted by Gasteiger charge is -2.34. The lowest BCUT2D eigenvalue weighted by atomic mass is 10.0. The van der Waals surface area contributed by atoms with Gasteiger partial charge in [-0.2, -0.15) is 0 Å². The Balaban J connectivity index is 1.41. The second kappa shape index (κ2) is 7.93. The first-order valence-electron chi connectivity index (χ1n) is 9.81. The van der Waals surface area contributed by atoms with Gasteiger partial charge in [0.1, 0.15) is 5.58 Å². The minimum atomic E-state index is -0.871. The van der Waals surface area contributed by atoms with Gasteiger partial charge in [0, 0.05) is 30.6 Å². The molecule has 4 rings (SSSR count). The maximum atomic E-state index is 12.9. The number of furan rings is 1. The molecule has 2 heterocycles. The highest BCUT2D eigenvalue weighted by atomic mass is 16.5. The lowest BCUT2D eigenvalue weighted by molar-refractivity contribution is -0.142. The highest BCUT2D eigenvalue weighted by Gasteiger charge is 2.26. The number of amides is 1. The lowest BCUT2D eigenvalue weighted by Crippen LogP contribution is -2.50. The van der Waals surface area contributed by atoms with Crippen LogP contribution in [0, 0.1) is 0 Å². The Hall–Kier alpha value is -2.38. The fourth-order valence-corrected chi connectivity index (χ4v) is 4.26. The second-order valence-corrected chi connectivity index (χ2v) is 7.83. The van der Waals surface area contributed by atoms with Crippen molar-refractivity contribution in [1.82, 2.24) is 9.80 Å². The van der Waals surface area contributed by atoms with E-state index in [1.165, 1.54) is 17.5 Å². The quantitative estimate of drug-likeness (QED) is 0.814. The van der Waals surface area contributed by atoms with Crippen LogP contribution in [0.4, 0.5) is 0 Å². The van der Waals surface area contributed by atoms with E-state index in [0.717, 1.165) is 29.4 Å². The number of fused-ring (bicyclic) bond motifs is 2. The molecule has 0 radical (unpaired) electrons. The third kappa shape index (κ3) is 4.05. The molecule has 1 aliphatic heterocycles. The summed E-state index contributed by atoms with van der Waals surface area (Å²) in [7, 11) is 1.74. The molecule has 1 aliphatic carbocycles. The molecule has 0 bridgehead atoms. The number of likely N-dealkylation sites (N-methyl/N-ethyl adjacent to an activating group) is 1.